The maximum Gasteiger partial charge on any atom is 0.252 e. The van der Waals surface area contributed by atoms with Crippen LogP contribution >= 0.6 is 23.4 Å². The minimum atomic E-state index is -0.548. The van der Waals surface area contributed by atoms with E-state index in [1.807, 2.05) is 6.26 Å². The van der Waals surface area contributed by atoms with E-state index in [-0.39, 0.29) is 23.2 Å². The molecule has 3 heterocycles. The molecule has 1 aliphatic heterocycles. The zero-order valence-corrected chi connectivity index (χ0v) is 20.3. The van der Waals surface area contributed by atoms with Crippen LogP contribution in [0.3, 0.4) is 0 Å². The van der Waals surface area contributed by atoms with Crippen LogP contribution in [-0.2, 0) is 9.47 Å². The van der Waals surface area contributed by atoms with Crippen molar-refractivity contribution in [1.29, 1.82) is 0 Å². The lowest BCUT2D eigenvalue weighted by Crippen LogP contribution is -2.28. The van der Waals surface area contributed by atoms with Crippen molar-refractivity contribution in [2.45, 2.75) is 24.8 Å². The summed E-state index contributed by atoms with van der Waals surface area (Å²) in [5.41, 5.74) is 1.98. The van der Waals surface area contributed by atoms with Crippen LogP contribution in [0.15, 0.2) is 47.5 Å². The summed E-state index contributed by atoms with van der Waals surface area (Å²) in [6.45, 7) is 1.59. The monoisotopic (exact) mass is 504 g/mol. The Labute approximate surface area is 206 Å². The molecule has 1 saturated heterocycles. The Morgan fingerprint density at radius 3 is 2.91 bits per heavy atom. The average molecular weight is 505 g/mol. The number of aromatic amines is 1. The van der Waals surface area contributed by atoms with E-state index >= 15 is 0 Å². The maximum absolute atomic E-state index is 14.3. The van der Waals surface area contributed by atoms with Gasteiger partial charge in [-0.2, -0.15) is 0 Å². The fourth-order valence-electron chi connectivity index (χ4n) is 3.99. The van der Waals surface area contributed by atoms with Crippen molar-refractivity contribution in [2.24, 2.45) is 0 Å². The number of pyridine rings is 1. The molecule has 10 heteroatoms. The summed E-state index contributed by atoms with van der Waals surface area (Å²) < 4.78 is 25.6. The molecule has 1 fully saturated rings. The number of anilines is 1. The van der Waals surface area contributed by atoms with Gasteiger partial charge in [-0.05, 0) is 48.9 Å². The predicted molar refractivity (Wildman–Crippen MR) is 133 cm³/mol. The summed E-state index contributed by atoms with van der Waals surface area (Å²) in [5, 5.41) is 3.38. The standard InChI is InChI=1S/C24H26ClFN4O3S/c1-34-14-33-13-18(15-2-3-19(25)20(26)12-15)22-17(4-8-27-23(22)31)21-5-9-28-24(30-21)29-16-6-10-32-11-7-16/h2-5,8-9,12,16,18H,6-7,10-11,13-14H2,1H3,(H,27,31)(H,28,29,30)/t18-/m0/s1. The topological polar surface area (TPSA) is 89.1 Å². The van der Waals surface area contributed by atoms with Crippen molar-refractivity contribution in [3.63, 3.8) is 0 Å². The first-order valence-corrected chi connectivity index (χ1v) is 12.7. The summed E-state index contributed by atoms with van der Waals surface area (Å²) >= 11 is 7.43. The third-order valence-corrected chi connectivity index (χ3v) is 6.37. The Bertz CT molecular complexity index is 1170. The average Bonchev–Trinajstić information content (AvgIpc) is 2.85. The first-order chi connectivity index (χ1) is 16.6. The van der Waals surface area contributed by atoms with Gasteiger partial charge in [0, 0.05) is 48.7 Å². The molecular weight excluding hydrogens is 479 g/mol. The van der Waals surface area contributed by atoms with Crippen LogP contribution in [-0.4, -0.2) is 53.0 Å². The number of benzene rings is 1. The van der Waals surface area contributed by atoms with Gasteiger partial charge in [0.2, 0.25) is 5.95 Å². The van der Waals surface area contributed by atoms with Gasteiger partial charge in [-0.3, -0.25) is 4.79 Å². The number of nitrogens with one attached hydrogen (secondary N) is 2. The van der Waals surface area contributed by atoms with Gasteiger partial charge in [-0.1, -0.05) is 17.7 Å². The van der Waals surface area contributed by atoms with Crippen LogP contribution in [0.5, 0.6) is 0 Å². The normalized spacial score (nSPS) is 15.3. The minimum absolute atomic E-state index is 0.0226. The number of thioether (sulfide) groups is 1. The van der Waals surface area contributed by atoms with E-state index in [0.29, 0.717) is 47.5 Å². The maximum atomic E-state index is 14.3. The van der Waals surface area contributed by atoms with E-state index in [2.05, 4.69) is 20.3 Å². The molecule has 0 saturated carbocycles. The molecule has 1 aliphatic rings. The number of halogens is 2. The fourth-order valence-corrected chi connectivity index (χ4v) is 4.37. The first-order valence-electron chi connectivity index (χ1n) is 11.0. The van der Waals surface area contributed by atoms with Crippen LogP contribution < -0.4 is 10.9 Å². The summed E-state index contributed by atoms with van der Waals surface area (Å²) in [5.74, 6) is -0.142. The van der Waals surface area contributed by atoms with Gasteiger partial charge in [-0.25, -0.2) is 14.4 Å². The van der Waals surface area contributed by atoms with E-state index in [1.165, 1.54) is 23.9 Å². The lowest BCUT2D eigenvalue weighted by Gasteiger charge is -2.23. The molecule has 0 aliphatic carbocycles. The molecule has 34 heavy (non-hydrogen) atoms. The van der Waals surface area contributed by atoms with Crippen molar-refractivity contribution < 1.29 is 13.9 Å². The fraction of sp³-hybridized carbons (Fsp3) is 0.375. The molecule has 3 aromatic rings. The van der Waals surface area contributed by atoms with E-state index in [4.69, 9.17) is 21.1 Å². The van der Waals surface area contributed by atoms with E-state index in [9.17, 15) is 9.18 Å². The summed E-state index contributed by atoms with van der Waals surface area (Å²) in [6, 6.07) is 8.34. The molecule has 0 spiro atoms. The number of hydrogen-bond acceptors (Lipinski definition) is 7. The molecule has 2 N–H and O–H groups in total. The molecule has 7 nitrogen and oxygen atoms in total. The van der Waals surface area contributed by atoms with Crippen LogP contribution in [0.4, 0.5) is 10.3 Å². The SMILES string of the molecule is CSCOC[C@@H](c1ccc(Cl)c(F)c1)c1c(-c2ccnc(NC3CCOCC3)n2)cc[nH]c1=O. The molecule has 0 amide bonds. The minimum Gasteiger partial charge on any atom is -0.381 e. The third kappa shape index (κ3) is 5.96. The second-order valence-corrected chi connectivity index (χ2v) is 9.15. The quantitative estimate of drug-likeness (QED) is 0.323. The van der Waals surface area contributed by atoms with Crippen molar-refractivity contribution in [3.05, 3.63) is 75.0 Å². The highest BCUT2D eigenvalue weighted by molar-refractivity contribution is 7.98. The van der Waals surface area contributed by atoms with Gasteiger partial charge in [0.25, 0.3) is 5.56 Å². The number of nitrogens with zero attached hydrogens (tertiary/aromatic N) is 2. The zero-order chi connectivity index (χ0) is 23.9. The molecule has 0 bridgehead atoms. The first kappa shape index (κ1) is 24.7. The molecular formula is C24H26ClFN4O3S. The van der Waals surface area contributed by atoms with Crippen molar-refractivity contribution in [2.75, 3.05) is 37.3 Å². The number of H-pyrrole nitrogens is 1. The van der Waals surface area contributed by atoms with Gasteiger partial charge in [0.15, 0.2) is 0 Å². The lowest BCUT2D eigenvalue weighted by molar-refractivity contribution is 0.0903. The zero-order valence-electron chi connectivity index (χ0n) is 18.7. The Balaban J connectivity index is 1.73. The van der Waals surface area contributed by atoms with Gasteiger partial charge >= 0.3 is 0 Å². The smallest absolute Gasteiger partial charge is 0.252 e. The summed E-state index contributed by atoms with van der Waals surface area (Å²) in [4.78, 5) is 24.9. The second kappa shape index (κ2) is 11.8. The molecule has 2 aromatic heterocycles. The van der Waals surface area contributed by atoms with Crippen LogP contribution in [0.25, 0.3) is 11.3 Å². The highest BCUT2D eigenvalue weighted by Gasteiger charge is 2.24. The molecule has 0 radical (unpaired) electrons. The molecule has 4 rings (SSSR count). The Morgan fingerprint density at radius 2 is 2.15 bits per heavy atom. The van der Waals surface area contributed by atoms with Gasteiger partial charge in [-0.15, -0.1) is 11.8 Å². The van der Waals surface area contributed by atoms with E-state index in [0.717, 1.165) is 12.8 Å². The predicted octanol–water partition coefficient (Wildman–Crippen LogP) is 4.68. The Hall–Kier alpha value is -2.46. The number of aromatic nitrogens is 3. The molecule has 1 atom stereocenters. The van der Waals surface area contributed by atoms with Gasteiger partial charge in [0.05, 0.1) is 23.3 Å². The van der Waals surface area contributed by atoms with Gasteiger partial charge in [0.1, 0.15) is 5.82 Å². The van der Waals surface area contributed by atoms with Crippen molar-refractivity contribution in [1.82, 2.24) is 15.0 Å². The highest BCUT2D eigenvalue weighted by Crippen LogP contribution is 2.32. The summed E-state index contributed by atoms with van der Waals surface area (Å²) in [7, 11) is 0. The number of rotatable bonds is 9. The lowest BCUT2D eigenvalue weighted by atomic mass is 9.88. The molecule has 180 valence electrons. The van der Waals surface area contributed by atoms with Crippen molar-refractivity contribution >= 4 is 29.3 Å². The van der Waals surface area contributed by atoms with Crippen LogP contribution in [0.1, 0.15) is 29.9 Å². The third-order valence-electron chi connectivity index (χ3n) is 5.67. The largest absolute Gasteiger partial charge is 0.381 e. The number of ether oxygens (including phenoxy) is 2. The van der Waals surface area contributed by atoms with E-state index < -0.39 is 11.7 Å². The highest BCUT2D eigenvalue weighted by atomic mass is 35.5. The number of hydrogen-bond donors (Lipinski definition) is 2. The van der Waals surface area contributed by atoms with Crippen LogP contribution in [0, 0.1) is 5.82 Å². The summed E-state index contributed by atoms with van der Waals surface area (Å²) in [6.07, 6.45) is 6.92. The Morgan fingerprint density at radius 1 is 1.32 bits per heavy atom. The van der Waals surface area contributed by atoms with Crippen LogP contribution in [0.2, 0.25) is 5.02 Å². The molecule has 0 unspecified atom stereocenters. The van der Waals surface area contributed by atoms with Crippen molar-refractivity contribution in [3.8, 4) is 11.3 Å². The second-order valence-electron chi connectivity index (χ2n) is 7.93. The Kier molecular flexibility index (Phi) is 8.55. The molecule has 1 aromatic carbocycles. The van der Waals surface area contributed by atoms with Gasteiger partial charge < -0.3 is 19.8 Å². The van der Waals surface area contributed by atoms with E-state index in [1.54, 1.807) is 30.6 Å².